The molecule has 1 aliphatic heterocycles. The Morgan fingerprint density at radius 2 is 1.59 bits per heavy atom. The Hall–Kier alpha value is -2.57. The van der Waals surface area contributed by atoms with Gasteiger partial charge in [-0.25, -0.2) is 0 Å². The Bertz CT molecular complexity index is 953. The molecule has 0 spiro atoms. The summed E-state index contributed by atoms with van der Waals surface area (Å²) < 4.78 is 27.6. The summed E-state index contributed by atoms with van der Waals surface area (Å²) in [5.41, 5.74) is 2.05. The van der Waals surface area contributed by atoms with Gasteiger partial charge >= 0.3 is 0 Å². The van der Waals surface area contributed by atoms with E-state index in [1.165, 1.54) is 6.92 Å². The van der Waals surface area contributed by atoms with Crippen LogP contribution in [-0.4, -0.2) is 25.9 Å². The number of hydrogen-bond donors (Lipinski definition) is 0. The van der Waals surface area contributed by atoms with E-state index in [1.54, 1.807) is 62.4 Å². The van der Waals surface area contributed by atoms with Gasteiger partial charge in [-0.15, -0.1) is 0 Å². The maximum atomic E-state index is 12.9. The second-order valence-corrected chi connectivity index (χ2v) is 7.82. The highest BCUT2D eigenvalue weighted by Gasteiger charge is 2.42. The molecule has 5 nitrogen and oxygen atoms in total. The fourth-order valence-corrected chi connectivity index (χ4v) is 3.45. The molecular formula is C21H19O5S-. The Balaban J connectivity index is 2.06. The molecule has 140 valence electrons. The molecule has 0 aromatic heterocycles. The molecule has 0 fully saturated rings. The summed E-state index contributed by atoms with van der Waals surface area (Å²) in [4.78, 5) is 24.4. The van der Waals surface area contributed by atoms with Gasteiger partial charge in [0.05, 0.1) is 5.57 Å². The molecule has 0 radical (unpaired) electrons. The van der Waals surface area contributed by atoms with Gasteiger partial charge in [-0.2, -0.15) is 0 Å². The summed E-state index contributed by atoms with van der Waals surface area (Å²) in [6.07, 6.45) is 0. The summed E-state index contributed by atoms with van der Waals surface area (Å²) in [6, 6.07) is 13.8. The van der Waals surface area contributed by atoms with E-state index in [0.29, 0.717) is 33.6 Å². The van der Waals surface area contributed by atoms with E-state index in [1.807, 2.05) is 0 Å². The summed E-state index contributed by atoms with van der Waals surface area (Å²) in [5, 5.41) is 0. The minimum absolute atomic E-state index is 0.0450. The summed E-state index contributed by atoms with van der Waals surface area (Å²) in [6.45, 7) is 4.91. The Kier molecular flexibility index (Phi) is 5.13. The van der Waals surface area contributed by atoms with Gasteiger partial charge in [0.25, 0.3) is 0 Å². The van der Waals surface area contributed by atoms with Crippen LogP contribution in [0.5, 0.6) is 0 Å². The molecule has 0 bridgehead atoms. The van der Waals surface area contributed by atoms with Crippen LogP contribution in [0.15, 0.2) is 48.5 Å². The molecule has 1 atom stereocenters. The second kappa shape index (κ2) is 7.21. The quantitative estimate of drug-likeness (QED) is 0.583. The first kappa shape index (κ1) is 19.2. The molecule has 1 unspecified atom stereocenters. The zero-order valence-corrected chi connectivity index (χ0v) is 16.1. The van der Waals surface area contributed by atoms with Crippen molar-refractivity contribution < 1.29 is 23.1 Å². The molecule has 2 aromatic rings. The SMILES string of the molecule is CC(=O)c1ccc(C2=C(c3ccc(CS(=O)[O-])cc3)OC(C)(C)C2=O)cc1. The maximum Gasteiger partial charge on any atom is 0.210 e. The standard InChI is InChI=1S/C21H20O5S/c1-13(22)15-8-10-16(11-9-15)18-19(26-21(2,3)20(18)23)17-6-4-14(5-7-17)12-27(24)25/h4-11H,12H2,1-3H3,(H,24,25)/p-1. The van der Waals surface area contributed by atoms with Gasteiger partial charge < -0.3 is 9.29 Å². The molecule has 0 aliphatic carbocycles. The third-order valence-corrected chi connectivity index (χ3v) is 5.01. The van der Waals surface area contributed by atoms with Crippen LogP contribution in [0, 0.1) is 0 Å². The highest BCUT2D eigenvalue weighted by molar-refractivity contribution is 7.78. The summed E-state index contributed by atoms with van der Waals surface area (Å²) in [5.74, 6) is 0.203. The van der Waals surface area contributed by atoms with E-state index in [2.05, 4.69) is 0 Å². The van der Waals surface area contributed by atoms with Crippen LogP contribution in [0.3, 0.4) is 0 Å². The average molecular weight is 383 g/mol. The van der Waals surface area contributed by atoms with Crippen molar-refractivity contribution in [3.05, 3.63) is 70.8 Å². The summed E-state index contributed by atoms with van der Waals surface area (Å²) in [7, 11) is 0. The fraction of sp³-hybridized carbons (Fsp3) is 0.238. The lowest BCUT2D eigenvalue weighted by Gasteiger charge is -2.18. The molecule has 0 N–H and O–H groups in total. The van der Waals surface area contributed by atoms with Crippen molar-refractivity contribution in [2.45, 2.75) is 32.1 Å². The van der Waals surface area contributed by atoms with Gasteiger partial charge in [0, 0.05) is 16.9 Å². The normalized spacial score (nSPS) is 17.0. The van der Waals surface area contributed by atoms with Gasteiger partial charge in [0.15, 0.2) is 11.4 Å². The average Bonchev–Trinajstić information content (AvgIpc) is 2.85. The Morgan fingerprint density at radius 3 is 2.11 bits per heavy atom. The van der Waals surface area contributed by atoms with E-state index in [4.69, 9.17) is 4.74 Å². The maximum absolute atomic E-state index is 12.9. The first-order valence-electron chi connectivity index (χ1n) is 8.43. The number of hydrogen-bond acceptors (Lipinski definition) is 5. The molecule has 6 heteroatoms. The van der Waals surface area contributed by atoms with E-state index in [-0.39, 0.29) is 17.3 Å². The smallest absolute Gasteiger partial charge is 0.210 e. The van der Waals surface area contributed by atoms with Crippen molar-refractivity contribution in [3.63, 3.8) is 0 Å². The number of Topliss-reactive ketones (excluding diaryl/α,β-unsaturated/α-hetero) is 2. The highest BCUT2D eigenvalue weighted by Crippen LogP contribution is 2.41. The molecule has 0 saturated carbocycles. The first-order valence-corrected chi connectivity index (χ1v) is 9.68. The predicted molar refractivity (Wildman–Crippen MR) is 102 cm³/mol. The van der Waals surface area contributed by atoms with Crippen molar-refractivity contribution in [3.8, 4) is 0 Å². The first-order chi connectivity index (χ1) is 12.7. The topological polar surface area (TPSA) is 83.5 Å². The number of carbonyl (C=O) groups is 2. The van der Waals surface area contributed by atoms with Crippen molar-refractivity contribution >= 4 is 34.0 Å². The lowest BCUT2D eigenvalue weighted by Crippen LogP contribution is -2.29. The van der Waals surface area contributed by atoms with Crippen molar-refractivity contribution in [2.24, 2.45) is 0 Å². The molecule has 1 aliphatic rings. The molecule has 2 aromatic carbocycles. The van der Waals surface area contributed by atoms with Gasteiger partial charge in [0.2, 0.25) is 5.78 Å². The van der Waals surface area contributed by atoms with Crippen molar-refractivity contribution in [1.82, 2.24) is 0 Å². The van der Waals surface area contributed by atoms with Crippen molar-refractivity contribution in [2.75, 3.05) is 0 Å². The predicted octanol–water partition coefficient (Wildman–Crippen LogP) is 3.51. The fourth-order valence-electron chi connectivity index (χ4n) is 2.98. The minimum atomic E-state index is -2.16. The van der Waals surface area contributed by atoms with E-state index in [9.17, 15) is 18.4 Å². The Labute approximate surface area is 160 Å². The number of rotatable bonds is 5. The van der Waals surface area contributed by atoms with Crippen LogP contribution >= 0.6 is 0 Å². The molecule has 0 saturated heterocycles. The molecular weight excluding hydrogens is 364 g/mol. The van der Waals surface area contributed by atoms with E-state index < -0.39 is 16.7 Å². The van der Waals surface area contributed by atoms with Gasteiger partial charge in [-0.05, 0) is 31.9 Å². The van der Waals surface area contributed by atoms with Crippen LogP contribution in [0.1, 0.15) is 47.8 Å². The monoisotopic (exact) mass is 383 g/mol. The molecule has 3 rings (SSSR count). The van der Waals surface area contributed by atoms with Gasteiger partial charge in [0.1, 0.15) is 5.76 Å². The van der Waals surface area contributed by atoms with Crippen LogP contribution in [0.25, 0.3) is 11.3 Å². The third-order valence-electron chi connectivity index (χ3n) is 4.44. The van der Waals surface area contributed by atoms with Crippen LogP contribution in [0.2, 0.25) is 0 Å². The Morgan fingerprint density at radius 1 is 1.04 bits per heavy atom. The lowest BCUT2D eigenvalue weighted by molar-refractivity contribution is -0.125. The number of ether oxygens (including phenoxy) is 1. The molecule has 27 heavy (non-hydrogen) atoms. The third kappa shape index (κ3) is 3.91. The van der Waals surface area contributed by atoms with Crippen LogP contribution < -0.4 is 0 Å². The van der Waals surface area contributed by atoms with Crippen LogP contribution in [-0.2, 0) is 26.4 Å². The largest absolute Gasteiger partial charge is 0.772 e. The van der Waals surface area contributed by atoms with E-state index in [0.717, 1.165) is 0 Å². The highest BCUT2D eigenvalue weighted by atomic mass is 32.2. The van der Waals surface area contributed by atoms with Crippen LogP contribution in [0.4, 0.5) is 0 Å². The van der Waals surface area contributed by atoms with Gasteiger partial charge in [-0.1, -0.05) is 59.6 Å². The molecule has 1 heterocycles. The lowest BCUT2D eigenvalue weighted by atomic mass is 9.92. The summed E-state index contributed by atoms with van der Waals surface area (Å²) >= 11 is -2.16. The second-order valence-electron chi connectivity index (χ2n) is 6.92. The van der Waals surface area contributed by atoms with Gasteiger partial charge in [-0.3, -0.25) is 13.8 Å². The number of carbonyl (C=O) groups excluding carboxylic acids is 2. The van der Waals surface area contributed by atoms with Crippen molar-refractivity contribution in [1.29, 1.82) is 0 Å². The minimum Gasteiger partial charge on any atom is -0.772 e. The van der Waals surface area contributed by atoms with E-state index >= 15 is 0 Å². The zero-order chi connectivity index (χ0) is 19.8. The zero-order valence-electron chi connectivity index (χ0n) is 15.3. The number of benzene rings is 2. The number of ketones is 2. The molecule has 0 amide bonds.